The van der Waals surface area contributed by atoms with Crippen molar-refractivity contribution in [1.29, 1.82) is 0 Å². The van der Waals surface area contributed by atoms with Crippen molar-refractivity contribution in [3.05, 3.63) is 35.4 Å². The predicted molar refractivity (Wildman–Crippen MR) is 105 cm³/mol. The van der Waals surface area contributed by atoms with Gasteiger partial charge in [-0.1, -0.05) is 24.3 Å². The average Bonchev–Trinajstić information content (AvgIpc) is 2.52. The molecule has 5 heteroatoms. The maximum atomic E-state index is 5.98. The van der Waals surface area contributed by atoms with Gasteiger partial charge in [0.2, 0.25) is 0 Å². The largest absolute Gasteiger partial charge is 0.370 e. The number of guanidine groups is 1. The molecule has 2 rings (SSSR count). The first-order chi connectivity index (χ1) is 10.2. The van der Waals surface area contributed by atoms with Crippen LogP contribution in [0.2, 0.25) is 0 Å². The molecular weight excluding hydrogens is 387 g/mol. The lowest BCUT2D eigenvalue weighted by Gasteiger charge is -2.28. The van der Waals surface area contributed by atoms with Crippen molar-refractivity contribution in [3.8, 4) is 0 Å². The molecule has 0 aromatic heterocycles. The van der Waals surface area contributed by atoms with Crippen molar-refractivity contribution in [3.63, 3.8) is 0 Å². The molecule has 1 aromatic rings. The van der Waals surface area contributed by atoms with E-state index in [1.807, 2.05) is 0 Å². The molecule has 1 aliphatic rings. The Morgan fingerprint density at radius 2 is 1.91 bits per heavy atom. The highest BCUT2D eigenvalue weighted by atomic mass is 127. The van der Waals surface area contributed by atoms with Crippen LogP contribution in [-0.2, 0) is 13.0 Å². The predicted octanol–water partition coefficient (Wildman–Crippen LogP) is 2.71. The van der Waals surface area contributed by atoms with Crippen LogP contribution in [0.4, 0.5) is 0 Å². The molecule has 0 saturated heterocycles. The van der Waals surface area contributed by atoms with Gasteiger partial charge >= 0.3 is 0 Å². The molecule has 0 saturated carbocycles. The first-order valence-corrected chi connectivity index (χ1v) is 8.08. The Labute approximate surface area is 151 Å². The molecule has 0 spiro atoms. The number of hydrogen-bond acceptors (Lipinski definition) is 2. The smallest absolute Gasteiger partial charge is 0.191 e. The number of nitrogens with zero attached hydrogens (tertiary/aromatic N) is 3. The van der Waals surface area contributed by atoms with Crippen molar-refractivity contribution >= 4 is 29.9 Å². The van der Waals surface area contributed by atoms with Gasteiger partial charge in [0.05, 0.1) is 0 Å². The lowest BCUT2D eigenvalue weighted by Crippen LogP contribution is -2.37. The summed E-state index contributed by atoms with van der Waals surface area (Å²) in [6.07, 6.45) is 2.24. The Morgan fingerprint density at radius 3 is 2.59 bits per heavy atom. The Morgan fingerprint density at radius 1 is 1.23 bits per heavy atom. The lowest BCUT2D eigenvalue weighted by molar-refractivity contribution is 0.252. The van der Waals surface area contributed by atoms with Crippen LogP contribution in [0.3, 0.4) is 0 Å². The molecule has 0 radical (unpaired) electrons. The number of aliphatic imine (C=N–C) groups is 1. The van der Waals surface area contributed by atoms with E-state index in [-0.39, 0.29) is 24.0 Å². The second kappa shape index (κ2) is 10.0. The van der Waals surface area contributed by atoms with Gasteiger partial charge in [0, 0.05) is 39.3 Å². The minimum Gasteiger partial charge on any atom is -0.370 e. The summed E-state index contributed by atoms with van der Waals surface area (Å²) < 4.78 is 0. The van der Waals surface area contributed by atoms with Crippen molar-refractivity contribution in [2.24, 2.45) is 10.7 Å². The number of nitrogens with two attached hydrogens (primary N) is 1. The maximum absolute atomic E-state index is 5.98. The van der Waals surface area contributed by atoms with Crippen molar-refractivity contribution < 1.29 is 0 Å². The van der Waals surface area contributed by atoms with E-state index >= 15 is 0 Å². The fourth-order valence-corrected chi connectivity index (χ4v) is 2.88. The van der Waals surface area contributed by atoms with E-state index in [0.29, 0.717) is 5.96 Å². The summed E-state index contributed by atoms with van der Waals surface area (Å²) in [5, 5.41) is 0. The fraction of sp³-hybridized carbons (Fsp3) is 0.588. The third kappa shape index (κ3) is 5.43. The molecule has 2 N–H and O–H groups in total. The minimum atomic E-state index is 0. The highest BCUT2D eigenvalue weighted by molar-refractivity contribution is 14.0. The van der Waals surface area contributed by atoms with E-state index in [4.69, 9.17) is 5.73 Å². The van der Waals surface area contributed by atoms with Crippen LogP contribution in [0.5, 0.6) is 0 Å². The number of rotatable bonds is 6. The molecule has 0 fully saturated rings. The van der Waals surface area contributed by atoms with Gasteiger partial charge in [0.25, 0.3) is 0 Å². The number of fused-ring (bicyclic) bond motifs is 1. The van der Waals surface area contributed by atoms with E-state index in [1.165, 1.54) is 17.5 Å². The summed E-state index contributed by atoms with van der Waals surface area (Å²) in [6, 6.07) is 8.77. The molecule has 4 nitrogen and oxygen atoms in total. The average molecular weight is 416 g/mol. The standard InChI is InChI=1S/C17H28N4.HI/c1-3-21(4-2)17(18)19-11-7-12-20-13-10-15-8-5-6-9-16(15)14-20;/h5-6,8-9H,3-4,7,10-14H2,1-2H3,(H2,18,19);1H. The highest BCUT2D eigenvalue weighted by Crippen LogP contribution is 2.18. The van der Waals surface area contributed by atoms with Gasteiger partial charge in [0.15, 0.2) is 5.96 Å². The zero-order valence-electron chi connectivity index (χ0n) is 13.8. The molecule has 1 heterocycles. The van der Waals surface area contributed by atoms with Gasteiger partial charge in [-0.05, 0) is 37.8 Å². The molecule has 1 aromatic carbocycles. The van der Waals surface area contributed by atoms with Crippen LogP contribution in [0.15, 0.2) is 29.3 Å². The van der Waals surface area contributed by atoms with Crippen LogP contribution in [0.25, 0.3) is 0 Å². The molecule has 1 aliphatic heterocycles. The first-order valence-electron chi connectivity index (χ1n) is 8.08. The SMILES string of the molecule is CCN(CC)C(N)=NCCCN1CCc2ccccc2C1.I. The minimum absolute atomic E-state index is 0. The monoisotopic (exact) mass is 416 g/mol. The summed E-state index contributed by atoms with van der Waals surface area (Å²) in [6.45, 7) is 10.2. The summed E-state index contributed by atoms with van der Waals surface area (Å²) in [7, 11) is 0. The topological polar surface area (TPSA) is 44.9 Å². The van der Waals surface area contributed by atoms with Crippen LogP contribution in [0.1, 0.15) is 31.4 Å². The number of benzene rings is 1. The van der Waals surface area contributed by atoms with E-state index in [0.717, 1.165) is 45.7 Å². The third-order valence-corrected chi connectivity index (χ3v) is 4.20. The Kier molecular flexibility index (Phi) is 8.78. The summed E-state index contributed by atoms with van der Waals surface area (Å²) >= 11 is 0. The fourth-order valence-electron chi connectivity index (χ4n) is 2.88. The zero-order valence-corrected chi connectivity index (χ0v) is 16.1. The van der Waals surface area contributed by atoms with Gasteiger partial charge in [-0.15, -0.1) is 24.0 Å². The summed E-state index contributed by atoms with van der Waals surface area (Å²) in [5.41, 5.74) is 8.98. The van der Waals surface area contributed by atoms with E-state index in [9.17, 15) is 0 Å². The number of halogens is 1. The molecule has 22 heavy (non-hydrogen) atoms. The molecule has 0 atom stereocenters. The van der Waals surface area contributed by atoms with Gasteiger partial charge in [-0.3, -0.25) is 9.89 Å². The Balaban J connectivity index is 0.00000242. The van der Waals surface area contributed by atoms with Crippen LogP contribution >= 0.6 is 24.0 Å². The molecular formula is C17H29IN4. The van der Waals surface area contributed by atoms with Gasteiger partial charge in [-0.25, -0.2) is 0 Å². The Bertz CT molecular complexity index is 471. The van der Waals surface area contributed by atoms with E-state index < -0.39 is 0 Å². The highest BCUT2D eigenvalue weighted by Gasteiger charge is 2.14. The molecule has 0 unspecified atom stereocenters. The van der Waals surface area contributed by atoms with E-state index in [1.54, 1.807) is 0 Å². The summed E-state index contributed by atoms with van der Waals surface area (Å²) in [4.78, 5) is 9.10. The lowest BCUT2D eigenvalue weighted by atomic mass is 10.00. The second-order valence-corrected chi connectivity index (χ2v) is 5.56. The zero-order chi connectivity index (χ0) is 15.1. The van der Waals surface area contributed by atoms with Crippen molar-refractivity contribution in [2.75, 3.05) is 32.7 Å². The number of hydrogen-bond donors (Lipinski definition) is 1. The Hall–Kier alpha value is -0.820. The van der Waals surface area contributed by atoms with Crippen LogP contribution < -0.4 is 5.73 Å². The molecule has 0 aliphatic carbocycles. The van der Waals surface area contributed by atoms with Crippen molar-refractivity contribution in [2.45, 2.75) is 33.2 Å². The van der Waals surface area contributed by atoms with Gasteiger partial charge in [0.1, 0.15) is 0 Å². The molecule has 0 bridgehead atoms. The quantitative estimate of drug-likeness (QED) is 0.336. The molecule has 0 amide bonds. The van der Waals surface area contributed by atoms with Crippen LogP contribution in [0, 0.1) is 0 Å². The van der Waals surface area contributed by atoms with E-state index in [2.05, 4.69) is 52.9 Å². The van der Waals surface area contributed by atoms with Gasteiger partial charge < -0.3 is 10.6 Å². The van der Waals surface area contributed by atoms with Gasteiger partial charge in [-0.2, -0.15) is 0 Å². The maximum Gasteiger partial charge on any atom is 0.191 e. The first kappa shape index (κ1) is 19.2. The third-order valence-electron chi connectivity index (χ3n) is 4.20. The van der Waals surface area contributed by atoms with Crippen LogP contribution in [-0.4, -0.2) is 48.5 Å². The summed E-state index contributed by atoms with van der Waals surface area (Å²) in [5.74, 6) is 0.684. The molecule has 124 valence electrons. The normalized spacial score (nSPS) is 15.1. The second-order valence-electron chi connectivity index (χ2n) is 5.56. The van der Waals surface area contributed by atoms with Crippen molar-refractivity contribution in [1.82, 2.24) is 9.80 Å².